The molecule has 1 aliphatic rings. The minimum Gasteiger partial charge on any atom is -0.389 e. The number of benzene rings is 1. The van der Waals surface area contributed by atoms with Crippen LogP contribution in [0, 0.1) is 5.82 Å². The van der Waals surface area contributed by atoms with E-state index < -0.39 is 5.60 Å². The molecule has 0 aromatic heterocycles. The molecule has 15 heavy (non-hydrogen) atoms. The standard InChI is InChI=1S/C11H13BrFNO/c12-8-1-7(2-9(13)3-8)4-11(15)5-10(14)6-11/h1-3,10,15H,4-6,14H2. The Morgan fingerprint density at radius 3 is 2.67 bits per heavy atom. The van der Waals surface area contributed by atoms with Gasteiger partial charge >= 0.3 is 0 Å². The van der Waals surface area contributed by atoms with Crippen molar-refractivity contribution < 1.29 is 9.50 Å². The second-order valence-corrected chi connectivity index (χ2v) is 5.26. The zero-order valence-electron chi connectivity index (χ0n) is 8.21. The van der Waals surface area contributed by atoms with Gasteiger partial charge in [-0.2, -0.15) is 0 Å². The van der Waals surface area contributed by atoms with Gasteiger partial charge in [-0.05, 0) is 36.6 Å². The Labute approximate surface area is 96.4 Å². The molecule has 0 amide bonds. The molecule has 1 fully saturated rings. The summed E-state index contributed by atoms with van der Waals surface area (Å²) in [7, 11) is 0. The summed E-state index contributed by atoms with van der Waals surface area (Å²) in [4.78, 5) is 0. The molecule has 0 atom stereocenters. The summed E-state index contributed by atoms with van der Waals surface area (Å²) in [6, 6.07) is 4.77. The fourth-order valence-electron chi connectivity index (χ4n) is 2.15. The van der Waals surface area contributed by atoms with Crippen molar-refractivity contribution in [1.82, 2.24) is 0 Å². The van der Waals surface area contributed by atoms with Crippen molar-refractivity contribution >= 4 is 15.9 Å². The number of hydrogen-bond donors (Lipinski definition) is 2. The van der Waals surface area contributed by atoms with Crippen LogP contribution in [-0.2, 0) is 6.42 Å². The Morgan fingerprint density at radius 2 is 2.13 bits per heavy atom. The number of halogens is 2. The third kappa shape index (κ3) is 2.56. The molecule has 0 spiro atoms. The second kappa shape index (κ2) is 3.85. The zero-order chi connectivity index (χ0) is 11.1. The maximum atomic E-state index is 13.1. The molecule has 1 aromatic rings. The van der Waals surface area contributed by atoms with Crippen LogP contribution in [0.25, 0.3) is 0 Å². The Hall–Kier alpha value is -0.450. The molecule has 0 radical (unpaired) electrons. The molecule has 0 aliphatic heterocycles. The second-order valence-electron chi connectivity index (χ2n) is 4.35. The smallest absolute Gasteiger partial charge is 0.124 e. The van der Waals surface area contributed by atoms with Gasteiger partial charge in [0.25, 0.3) is 0 Å². The third-order valence-electron chi connectivity index (χ3n) is 2.74. The van der Waals surface area contributed by atoms with Crippen LogP contribution >= 0.6 is 15.9 Å². The Morgan fingerprint density at radius 1 is 1.47 bits per heavy atom. The first-order valence-electron chi connectivity index (χ1n) is 4.90. The fraction of sp³-hybridized carbons (Fsp3) is 0.455. The highest BCUT2D eigenvalue weighted by Crippen LogP contribution is 2.34. The molecular weight excluding hydrogens is 261 g/mol. The van der Waals surface area contributed by atoms with E-state index in [0.717, 1.165) is 5.56 Å². The summed E-state index contributed by atoms with van der Waals surface area (Å²) in [5.41, 5.74) is 5.70. The highest BCUT2D eigenvalue weighted by molar-refractivity contribution is 9.10. The molecule has 1 aromatic carbocycles. The molecule has 0 bridgehead atoms. The molecular formula is C11H13BrFNO. The maximum Gasteiger partial charge on any atom is 0.124 e. The fourth-order valence-corrected chi connectivity index (χ4v) is 2.67. The Bertz CT molecular complexity index is 357. The van der Waals surface area contributed by atoms with Crippen molar-refractivity contribution in [3.63, 3.8) is 0 Å². The summed E-state index contributed by atoms with van der Waals surface area (Å²) < 4.78 is 13.8. The van der Waals surface area contributed by atoms with Crippen molar-refractivity contribution in [3.8, 4) is 0 Å². The predicted molar refractivity (Wildman–Crippen MR) is 60.0 cm³/mol. The lowest BCUT2D eigenvalue weighted by Crippen LogP contribution is -2.52. The van der Waals surface area contributed by atoms with Crippen LogP contribution in [0.2, 0.25) is 0 Å². The topological polar surface area (TPSA) is 46.2 Å². The van der Waals surface area contributed by atoms with E-state index in [9.17, 15) is 9.50 Å². The lowest BCUT2D eigenvalue weighted by atomic mass is 9.73. The van der Waals surface area contributed by atoms with Gasteiger partial charge in [-0.1, -0.05) is 15.9 Å². The van der Waals surface area contributed by atoms with Gasteiger partial charge in [0.2, 0.25) is 0 Å². The molecule has 82 valence electrons. The first-order valence-corrected chi connectivity index (χ1v) is 5.69. The van der Waals surface area contributed by atoms with Crippen LogP contribution in [0.4, 0.5) is 4.39 Å². The van der Waals surface area contributed by atoms with Crippen LogP contribution in [-0.4, -0.2) is 16.7 Å². The number of nitrogens with two attached hydrogens (primary N) is 1. The average Bonchev–Trinajstić information content (AvgIpc) is 1.97. The average molecular weight is 274 g/mol. The predicted octanol–water partition coefficient (Wildman–Crippen LogP) is 1.98. The van der Waals surface area contributed by atoms with Gasteiger partial charge in [0.1, 0.15) is 5.82 Å². The van der Waals surface area contributed by atoms with Crippen molar-refractivity contribution in [2.75, 3.05) is 0 Å². The van der Waals surface area contributed by atoms with Gasteiger partial charge in [0.05, 0.1) is 5.60 Å². The SMILES string of the molecule is NC1CC(O)(Cc2cc(F)cc(Br)c2)C1. The first-order chi connectivity index (χ1) is 6.97. The maximum absolute atomic E-state index is 13.1. The molecule has 0 heterocycles. The van der Waals surface area contributed by atoms with E-state index in [2.05, 4.69) is 15.9 Å². The minimum absolute atomic E-state index is 0.0898. The summed E-state index contributed by atoms with van der Waals surface area (Å²) in [5.74, 6) is -0.286. The Kier molecular flexibility index (Phi) is 2.83. The van der Waals surface area contributed by atoms with Gasteiger partial charge in [0, 0.05) is 16.9 Å². The highest BCUT2D eigenvalue weighted by atomic mass is 79.9. The van der Waals surface area contributed by atoms with Crippen LogP contribution < -0.4 is 5.73 Å². The molecule has 1 aliphatic carbocycles. The molecule has 4 heteroatoms. The van der Waals surface area contributed by atoms with E-state index in [1.807, 2.05) is 6.07 Å². The van der Waals surface area contributed by atoms with E-state index in [0.29, 0.717) is 23.7 Å². The summed E-state index contributed by atoms with van der Waals surface area (Å²) in [5, 5.41) is 10.00. The Balaban J connectivity index is 2.11. The summed E-state index contributed by atoms with van der Waals surface area (Å²) in [6.45, 7) is 0. The number of hydrogen-bond acceptors (Lipinski definition) is 2. The van der Waals surface area contributed by atoms with E-state index in [1.165, 1.54) is 12.1 Å². The van der Waals surface area contributed by atoms with Crippen LogP contribution in [0.5, 0.6) is 0 Å². The van der Waals surface area contributed by atoms with Crippen LogP contribution in [0.3, 0.4) is 0 Å². The van der Waals surface area contributed by atoms with Gasteiger partial charge in [-0.25, -0.2) is 4.39 Å². The quantitative estimate of drug-likeness (QED) is 0.866. The van der Waals surface area contributed by atoms with Crippen molar-refractivity contribution in [2.24, 2.45) is 5.73 Å². The van der Waals surface area contributed by atoms with Gasteiger partial charge in [0.15, 0.2) is 0 Å². The highest BCUT2D eigenvalue weighted by Gasteiger charge is 2.40. The molecule has 0 saturated heterocycles. The molecule has 3 N–H and O–H groups in total. The lowest BCUT2D eigenvalue weighted by molar-refractivity contribution is -0.0455. The van der Waals surface area contributed by atoms with Crippen molar-refractivity contribution in [3.05, 3.63) is 34.1 Å². The normalized spacial score (nSPS) is 30.0. The van der Waals surface area contributed by atoms with Crippen LogP contribution in [0.15, 0.2) is 22.7 Å². The molecule has 1 saturated carbocycles. The van der Waals surface area contributed by atoms with Gasteiger partial charge in [-0.15, -0.1) is 0 Å². The first kappa shape index (κ1) is 11.0. The van der Waals surface area contributed by atoms with E-state index in [-0.39, 0.29) is 11.9 Å². The van der Waals surface area contributed by atoms with E-state index >= 15 is 0 Å². The zero-order valence-corrected chi connectivity index (χ0v) is 9.80. The lowest BCUT2D eigenvalue weighted by Gasteiger charge is -2.42. The summed E-state index contributed by atoms with van der Waals surface area (Å²) in [6.07, 6.45) is 1.67. The number of aliphatic hydroxyl groups is 1. The monoisotopic (exact) mass is 273 g/mol. The van der Waals surface area contributed by atoms with Crippen molar-refractivity contribution in [2.45, 2.75) is 30.9 Å². The van der Waals surface area contributed by atoms with E-state index in [4.69, 9.17) is 5.73 Å². The third-order valence-corrected chi connectivity index (χ3v) is 3.20. The van der Waals surface area contributed by atoms with Crippen LogP contribution in [0.1, 0.15) is 18.4 Å². The summed E-state index contributed by atoms with van der Waals surface area (Å²) >= 11 is 3.23. The van der Waals surface area contributed by atoms with Crippen molar-refractivity contribution in [1.29, 1.82) is 0 Å². The minimum atomic E-state index is -0.730. The largest absolute Gasteiger partial charge is 0.389 e. The molecule has 2 nitrogen and oxygen atoms in total. The van der Waals surface area contributed by atoms with E-state index in [1.54, 1.807) is 0 Å². The van der Waals surface area contributed by atoms with Gasteiger partial charge in [-0.3, -0.25) is 0 Å². The number of rotatable bonds is 2. The molecule has 0 unspecified atom stereocenters. The van der Waals surface area contributed by atoms with Gasteiger partial charge < -0.3 is 10.8 Å². The molecule has 2 rings (SSSR count).